The first-order chi connectivity index (χ1) is 10.8. The largest absolute Gasteiger partial charge is 0.423 e. The number of nitrogens with one attached hydrogen (secondary N) is 1. The Morgan fingerprint density at radius 2 is 1.68 bits per heavy atom. The monoisotopic (exact) mass is 288 g/mol. The number of fused-ring (bicyclic) bond motifs is 3. The quantitative estimate of drug-likeness (QED) is 0.566. The Labute approximate surface area is 128 Å². The molecule has 1 atom stereocenters. The number of oxazole rings is 1. The summed E-state index contributed by atoms with van der Waals surface area (Å²) in [5.41, 5.74) is 2.91. The minimum absolute atomic E-state index is 0.139. The fourth-order valence-electron chi connectivity index (χ4n) is 2.73. The van der Waals surface area contributed by atoms with E-state index in [2.05, 4.69) is 47.6 Å². The lowest BCUT2D eigenvalue weighted by Gasteiger charge is -2.11. The summed E-state index contributed by atoms with van der Waals surface area (Å²) in [6.45, 7) is 2.10. The van der Waals surface area contributed by atoms with E-state index in [9.17, 15) is 0 Å². The molecule has 0 spiro atoms. The highest BCUT2D eigenvalue weighted by Gasteiger charge is 2.12. The van der Waals surface area contributed by atoms with Gasteiger partial charge in [-0.3, -0.25) is 0 Å². The topological polar surface area (TPSA) is 38.1 Å². The lowest BCUT2D eigenvalue weighted by atomic mass is 10.1. The van der Waals surface area contributed by atoms with Crippen LogP contribution in [0.4, 0.5) is 6.01 Å². The van der Waals surface area contributed by atoms with Crippen LogP contribution in [0.15, 0.2) is 71.1 Å². The van der Waals surface area contributed by atoms with Gasteiger partial charge < -0.3 is 9.73 Å². The van der Waals surface area contributed by atoms with Gasteiger partial charge in [0, 0.05) is 5.39 Å². The number of rotatable bonds is 3. The van der Waals surface area contributed by atoms with Gasteiger partial charge in [-0.15, -0.1) is 0 Å². The van der Waals surface area contributed by atoms with Gasteiger partial charge in [0.25, 0.3) is 6.01 Å². The van der Waals surface area contributed by atoms with Crippen LogP contribution in [0.25, 0.3) is 21.9 Å². The van der Waals surface area contributed by atoms with Crippen molar-refractivity contribution in [3.8, 4) is 0 Å². The number of hydrogen-bond acceptors (Lipinski definition) is 3. The van der Waals surface area contributed by atoms with E-state index in [-0.39, 0.29) is 6.04 Å². The zero-order valence-corrected chi connectivity index (χ0v) is 12.3. The summed E-state index contributed by atoms with van der Waals surface area (Å²) in [6.07, 6.45) is 0. The molecule has 1 heterocycles. The SMILES string of the molecule is CC(Nc1nc2ccc3ccccc3c2o1)c1ccccc1. The Hall–Kier alpha value is -2.81. The van der Waals surface area contributed by atoms with Crippen LogP contribution in [0.3, 0.4) is 0 Å². The molecule has 108 valence electrons. The first-order valence-electron chi connectivity index (χ1n) is 7.41. The number of anilines is 1. The Balaban J connectivity index is 1.72. The average Bonchev–Trinajstić information content (AvgIpc) is 2.98. The normalized spacial score (nSPS) is 12.6. The highest BCUT2D eigenvalue weighted by atomic mass is 16.4. The smallest absolute Gasteiger partial charge is 0.296 e. The summed E-state index contributed by atoms with van der Waals surface area (Å²) >= 11 is 0. The second-order valence-corrected chi connectivity index (χ2v) is 5.43. The molecule has 3 aromatic carbocycles. The van der Waals surface area contributed by atoms with Gasteiger partial charge in [0.15, 0.2) is 5.58 Å². The molecule has 0 amide bonds. The minimum atomic E-state index is 0.139. The van der Waals surface area contributed by atoms with Crippen LogP contribution in [-0.4, -0.2) is 4.98 Å². The molecule has 0 aliphatic carbocycles. The summed E-state index contributed by atoms with van der Waals surface area (Å²) in [5, 5.41) is 5.59. The summed E-state index contributed by atoms with van der Waals surface area (Å²) in [4.78, 5) is 4.55. The molecule has 0 bridgehead atoms. The fourth-order valence-corrected chi connectivity index (χ4v) is 2.73. The third-order valence-electron chi connectivity index (χ3n) is 3.92. The van der Waals surface area contributed by atoms with E-state index in [1.165, 1.54) is 5.56 Å². The second kappa shape index (κ2) is 5.19. The van der Waals surface area contributed by atoms with E-state index in [0.29, 0.717) is 6.01 Å². The lowest BCUT2D eigenvalue weighted by Crippen LogP contribution is -2.06. The van der Waals surface area contributed by atoms with E-state index in [1.807, 2.05) is 36.4 Å². The molecule has 1 unspecified atom stereocenters. The van der Waals surface area contributed by atoms with Crippen molar-refractivity contribution in [2.75, 3.05) is 5.32 Å². The molecule has 0 radical (unpaired) electrons. The molecule has 4 aromatic rings. The first-order valence-corrected chi connectivity index (χ1v) is 7.41. The maximum atomic E-state index is 5.95. The predicted octanol–water partition coefficient (Wildman–Crippen LogP) is 5.15. The highest BCUT2D eigenvalue weighted by Crippen LogP contribution is 2.29. The molecule has 4 rings (SSSR count). The van der Waals surface area contributed by atoms with Gasteiger partial charge in [-0.05, 0) is 23.9 Å². The van der Waals surface area contributed by atoms with Crippen molar-refractivity contribution in [1.82, 2.24) is 4.98 Å². The summed E-state index contributed by atoms with van der Waals surface area (Å²) in [7, 11) is 0. The summed E-state index contributed by atoms with van der Waals surface area (Å²) in [6, 6.07) is 23.2. The molecule has 1 aromatic heterocycles. The Morgan fingerprint density at radius 1 is 0.909 bits per heavy atom. The van der Waals surface area contributed by atoms with Gasteiger partial charge >= 0.3 is 0 Å². The molecule has 3 heteroatoms. The first kappa shape index (κ1) is 12.9. The van der Waals surface area contributed by atoms with Crippen LogP contribution < -0.4 is 5.32 Å². The van der Waals surface area contributed by atoms with Crippen molar-refractivity contribution in [3.05, 3.63) is 72.3 Å². The number of hydrogen-bond donors (Lipinski definition) is 1. The Morgan fingerprint density at radius 3 is 2.55 bits per heavy atom. The van der Waals surface area contributed by atoms with Crippen molar-refractivity contribution < 1.29 is 4.42 Å². The van der Waals surface area contributed by atoms with Crippen LogP contribution in [0, 0.1) is 0 Å². The molecule has 3 nitrogen and oxygen atoms in total. The summed E-state index contributed by atoms with van der Waals surface area (Å²) < 4.78 is 5.95. The maximum Gasteiger partial charge on any atom is 0.296 e. The molecule has 1 N–H and O–H groups in total. The number of benzene rings is 3. The molecular formula is C19H16N2O. The van der Waals surface area contributed by atoms with Crippen LogP contribution in [0.2, 0.25) is 0 Å². The minimum Gasteiger partial charge on any atom is -0.423 e. The maximum absolute atomic E-state index is 5.95. The van der Waals surface area contributed by atoms with E-state index in [4.69, 9.17) is 4.42 Å². The molecular weight excluding hydrogens is 272 g/mol. The Kier molecular flexibility index (Phi) is 3.04. The van der Waals surface area contributed by atoms with Gasteiger partial charge in [-0.1, -0.05) is 60.7 Å². The molecule has 0 fully saturated rings. The van der Waals surface area contributed by atoms with Crippen LogP contribution in [0.1, 0.15) is 18.5 Å². The van der Waals surface area contributed by atoms with Crippen molar-refractivity contribution in [3.63, 3.8) is 0 Å². The van der Waals surface area contributed by atoms with E-state index in [0.717, 1.165) is 21.9 Å². The van der Waals surface area contributed by atoms with Crippen molar-refractivity contribution in [1.29, 1.82) is 0 Å². The van der Waals surface area contributed by atoms with Gasteiger partial charge in [-0.25, -0.2) is 0 Å². The molecule has 0 saturated carbocycles. The summed E-state index contributed by atoms with van der Waals surface area (Å²) in [5.74, 6) is 0. The standard InChI is InChI=1S/C19H16N2O/c1-13(14-7-3-2-4-8-14)20-19-21-17-12-11-15-9-5-6-10-16(15)18(17)22-19/h2-13H,1H3,(H,20,21). The van der Waals surface area contributed by atoms with Crippen LogP contribution in [-0.2, 0) is 0 Å². The second-order valence-electron chi connectivity index (χ2n) is 5.43. The van der Waals surface area contributed by atoms with Crippen molar-refractivity contribution in [2.24, 2.45) is 0 Å². The van der Waals surface area contributed by atoms with Crippen molar-refractivity contribution in [2.45, 2.75) is 13.0 Å². The molecule has 0 aliphatic rings. The predicted molar refractivity (Wildman–Crippen MR) is 90.0 cm³/mol. The highest BCUT2D eigenvalue weighted by molar-refractivity contribution is 6.03. The zero-order chi connectivity index (χ0) is 14.9. The molecule has 0 aliphatic heterocycles. The third-order valence-corrected chi connectivity index (χ3v) is 3.92. The van der Waals surface area contributed by atoms with Crippen LogP contribution >= 0.6 is 0 Å². The van der Waals surface area contributed by atoms with Gasteiger partial charge in [0.2, 0.25) is 0 Å². The number of aromatic nitrogens is 1. The average molecular weight is 288 g/mol. The lowest BCUT2D eigenvalue weighted by molar-refractivity contribution is 0.606. The van der Waals surface area contributed by atoms with E-state index in [1.54, 1.807) is 0 Å². The van der Waals surface area contributed by atoms with E-state index >= 15 is 0 Å². The van der Waals surface area contributed by atoms with Gasteiger partial charge in [-0.2, -0.15) is 4.98 Å². The fraction of sp³-hybridized carbons (Fsp3) is 0.105. The van der Waals surface area contributed by atoms with Crippen molar-refractivity contribution >= 4 is 27.9 Å². The van der Waals surface area contributed by atoms with E-state index < -0.39 is 0 Å². The Bertz CT molecular complexity index is 928. The van der Waals surface area contributed by atoms with Gasteiger partial charge in [0.05, 0.1) is 6.04 Å². The molecule has 22 heavy (non-hydrogen) atoms. The third kappa shape index (κ3) is 2.21. The molecule has 0 saturated heterocycles. The zero-order valence-electron chi connectivity index (χ0n) is 12.3. The van der Waals surface area contributed by atoms with Gasteiger partial charge in [0.1, 0.15) is 5.52 Å². The number of nitrogens with zero attached hydrogens (tertiary/aromatic N) is 1. The van der Waals surface area contributed by atoms with Crippen LogP contribution in [0.5, 0.6) is 0 Å².